The van der Waals surface area contributed by atoms with Crippen LogP contribution in [0.15, 0.2) is 34.2 Å². The maximum atomic E-state index is 13.0. The molecule has 5 nitrogen and oxygen atoms in total. The quantitative estimate of drug-likeness (QED) is 0.714. The van der Waals surface area contributed by atoms with Gasteiger partial charge in [0, 0.05) is 10.5 Å². The van der Waals surface area contributed by atoms with Crippen LogP contribution in [0.2, 0.25) is 0 Å². The van der Waals surface area contributed by atoms with E-state index in [0.717, 1.165) is 15.0 Å². The van der Waals surface area contributed by atoms with Crippen molar-refractivity contribution >= 4 is 17.4 Å². The highest BCUT2D eigenvalue weighted by Gasteiger charge is 2.38. The summed E-state index contributed by atoms with van der Waals surface area (Å²) < 4.78 is 45.0. The highest BCUT2D eigenvalue weighted by Crippen LogP contribution is 2.34. The molecular weight excluding hydrogens is 341 g/mol. The second-order valence-electron chi connectivity index (χ2n) is 5.09. The Morgan fingerprint density at radius 3 is 2.29 bits per heavy atom. The molecule has 0 atom stereocenters. The molecule has 0 saturated carbocycles. The largest absolute Gasteiger partial charge is 0.497 e. The summed E-state index contributed by atoms with van der Waals surface area (Å²) in [5, 5.41) is 11.4. The average Bonchev–Trinajstić information content (AvgIpc) is 2.97. The van der Waals surface area contributed by atoms with Crippen molar-refractivity contribution in [3.63, 3.8) is 0 Å². The van der Waals surface area contributed by atoms with Gasteiger partial charge in [0.1, 0.15) is 10.8 Å². The lowest BCUT2D eigenvalue weighted by atomic mass is 10.2. The van der Waals surface area contributed by atoms with E-state index in [9.17, 15) is 13.2 Å². The van der Waals surface area contributed by atoms with Crippen LogP contribution in [0, 0.1) is 13.8 Å². The number of aryl methyl sites for hydroxylation is 1. The Labute approximate surface area is 139 Å². The molecule has 0 N–H and O–H groups in total. The van der Waals surface area contributed by atoms with Gasteiger partial charge in [0.05, 0.1) is 7.11 Å². The third-order valence-corrected chi connectivity index (χ3v) is 4.67. The van der Waals surface area contributed by atoms with E-state index in [1.165, 1.54) is 11.8 Å². The SMILES string of the molecule is COc1ccc(Sc2nn3c(C(F)(F)F)nnc3c(C)c2C)cc1. The molecule has 0 saturated heterocycles. The zero-order valence-electron chi connectivity index (χ0n) is 13.0. The number of hydrogen-bond donors (Lipinski definition) is 0. The average molecular weight is 354 g/mol. The molecule has 9 heteroatoms. The van der Waals surface area contributed by atoms with E-state index < -0.39 is 12.0 Å². The molecule has 1 aromatic carbocycles. The van der Waals surface area contributed by atoms with Gasteiger partial charge < -0.3 is 4.74 Å². The Morgan fingerprint density at radius 1 is 1.04 bits per heavy atom. The second-order valence-corrected chi connectivity index (χ2v) is 6.15. The number of benzene rings is 1. The summed E-state index contributed by atoms with van der Waals surface area (Å²) in [5.41, 5.74) is 1.49. The first-order valence-corrected chi connectivity index (χ1v) is 7.74. The topological polar surface area (TPSA) is 52.3 Å². The summed E-state index contributed by atoms with van der Waals surface area (Å²) >= 11 is 1.27. The van der Waals surface area contributed by atoms with Gasteiger partial charge in [-0.1, -0.05) is 11.8 Å². The normalized spacial score (nSPS) is 11.9. The monoisotopic (exact) mass is 354 g/mol. The molecule has 2 heterocycles. The zero-order chi connectivity index (χ0) is 17.5. The standard InChI is InChI=1S/C15H13F3N4OS/c1-8-9(2)13(24-11-6-4-10(23-3)5-7-11)21-22-12(8)19-20-14(22)15(16,17)18/h4-7H,1-3H3. The molecule has 0 radical (unpaired) electrons. The van der Waals surface area contributed by atoms with Gasteiger partial charge in [-0.2, -0.15) is 22.8 Å². The van der Waals surface area contributed by atoms with Gasteiger partial charge in [0.2, 0.25) is 0 Å². The molecule has 0 bridgehead atoms. The van der Waals surface area contributed by atoms with E-state index in [4.69, 9.17) is 4.74 Å². The number of ether oxygens (including phenoxy) is 1. The molecule has 126 valence electrons. The van der Waals surface area contributed by atoms with Crippen LogP contribution in [-0.2, 0) is 6.18 Å². The van der Waals surface area contributed by atoms with E-state index >= 15 is 0 Å². The fraction of sp³-hybridized carbons (Fsp3) is 0.267. The lowest BCUT2D eigenvalue weighted by molar-refractivity contribution is -0.146. The molecule has 0 aliphatic heterocycles. The first-order chi connectivity index (χ1) is 11.3. The minimum atomic E-state index is -4.61. The molecule has 0 unspecified atom stereocenters. The number of nitrogens with zero attached hydrogens (tertiary/aromatic N) is 4. The van der Waals surface area contributed by atoms with Gasteiger partial charge in [-0.25, -0.2) is 0 Å². The van der Waals surface area contributed by atoms with E-state index in [-0.39, 0.29) is 5.65 Å². The number of alkyl halides is 3. The van der Waals surface area contributed by atoms with Crippen molar-refractivity contribution in [1.29, 1.82) is 0 Å². The fourth-order valence-electron chi connectivity index (χ4n) is 2.13. The molecule has 0 fully saturated rings. The highest BCUT2D eigenvalue weighted by atomic mass is 32.2. The van der Waals surface area contributed by atoms with Crippen LogP contribution in [0.1, 0.15) is 17.0 Å². The van der Waals surface area contributed by atoms with Crippen molar-refractivity contribution in [1.82, 2.24) is 19.8 Å². The molecule has 0 spiro atoms. The smallest absolute Gasteiger partial charge is 0.453 e. The first-order valence-electron chi connectivity index (χ1n) is 6.93. The lowest BCUT2D eigenvalue weighted by Crippen LogP contribution is -2.13. The number of fused-ring (bicyclic) bond motifs is 1. The Bertz CT molecular complexity index is 890. The predicted molar refractivity (Wildman–Crippen MR) is 82.4 cm³/mol. The number of halogens is 3. The Kier molecular flexibility index (Phi) is 4.12. The van der Waals surface area contributed by atoms with Gasteiger partial charge in [-0.15, -0.1) is 10.2 Å². The summed E-state index contributed by atoms with van der Waals surface area (Å²) in [4.78, 5) is 0.840. The van der Waals surface area contributed by atoms with Crippen LogP contribution in [-0.4, -0.2) is 26.9 Å². The minimum absolute atomic E-state index is 0.110. The highest BCUT2D eigenvalue weighted by molar-refractivity contribution is 7.99. The van der Waals surface area contributed by atoms with Crippen LogP contribution < -0.4 is 4.74 Å². The second kappa shape index (κ2) is 5.97. The molecule has 0 amide bonds. The summed E-state index contributed by atoms with van der Waals surface area (Å²) in [6.07, 6.45) is -4.61. The minimum Gasteiger partial charge on any atom is -0.497 e. The van der Waals surface area contributed by atoms with Crippen LogP contribution in [0.25, 0.3) is 5.65 Å². The molecule has 3 aromatic rings. The predicted octanol–water partition coefficient (Wildman–Crippen LogP) is 3.92. The van der Waals surface area contributed by atoms with E-state index in [1.54, 1.807) is 33.1 Å². The molecule has 0 aliphatic carbocycles. The van der Waals surface area contributed by atoms with Crippen LogP contribution in [0.4, 0.5) is 13.2 Å². The van der Waals surface area contributed by atoms with Gasteiger partial charge in [0.25, 0.3) is 5.82 Å². The van der Waals surface area contributed by atoms with E-state index in [0.29, 0.717) is 16.3 Å². The van der Waals surface area contributed by atoms with Crippen molar-refractivity contribution in [2.75, 3.05) is 7.11 Å². The Hall–Kier alpha value is -2.29. The molecule has 24 heavy (non-hydrogen) atoms. The van der Waals surface area contributed by atoms with Gasteiger partial charge in [0.15, 0.2) is 5.65 Å². The lowest BCUT2D eigenvalue weighted by Gasteiger charge is -2.10. The van der Waals surface area contributed by atoms with Crippen LogP contribution >= 0.6 is 11.8 Å². The van der Waals surface area contributed by atoms with Crippen molar-refractivity contribution < 1.29 is 17.9 Å². The fourth-order valence-corrected chi connectivity index (χ4v) is 3.06. The molecular formula is C15H13F3N4OS. The molecule has 0 aliphatic rings. The third kappa shape index (κ3) is 2.91. The summed E-state index contributed by atoms with van der Waals surface area (Å²) in [7, 11) is 1.57. The summed E-state index contributed by atoms with van der Waals surface area (Å²) in [6, 6.07) is 7.20. The summed E-state index contributed by atoms with van der Waals surface area (Å²) in [5.74, 6) is -0.425. The number of aromatic nitrogens is 4. The van der Waals surface area contributed by atoms with Crippen molar-refractivity contribution in [3.05, 3.63) is 41.2 Å². The van der Waals surface area contributed by atoms with Crippen molar-refractivity contribution in [2.24, 2.45) is 0 Å². The maximum absolute atomic E-state index is 13.0. The Balaban J connectivity index is 2.08. The zero-order valence-corrected chi connectivity index (χ0v) is 13.9. The van der Waals surface area contributed by atoms with E-state index in [2.05, 4.69) is 15.3 Å². The summed E-state index contributed by atoms with van der Waals surface area (Å²) in [6.45, 7) is 3.51. The van der Waals surface area contributed by atoms with Gasteiger partial charge in [-0.3, -0.25) is 0 Å². The number of methoxy groups -OCH3 is 1. The maximum Gasteiger partial charge on any atom is 0.453 e. The van der Waals surface area contributed by atoms with Crippen molar-refractivity contribution in [3.8, 4) is 5.75 Å². The van der Waals surface area contributed by atoms with E-state index in [1.807, 2.05) is 12.1 Å². The number of hydrogen-bond acceptors (Lipinski definition) is 5. The van der Waals surface area contributed by atoms with Gasteiger partial charge >= 0.3 is 6.18 Å². The van der Waals surface area contributed by atoms with Gasteiger partial charge in [-0.05, 0) is 43.7 Å². The first kappa shape index (κ1) is 16.6. The van der Waals surface area contributed by atoms with Crippen molar-refractivity contribution in [2.45, 2.75) is 29.9 Å². The Morgan fingerprint density at radius 2 is 1.71 bits per heavy atom. The van der Waals surface area contributed by atoms with Crippen LogP contribution in [0.5, 0.6) is 5.75 Å². The van der Waals surface area contributed by atoms with Crippen LogP contribution in [0.3, 0.4) is 0 Å². The molecule has 2 aromatic heterocycles. The number of rotatable bonds is 3. The molecule has 3 rings (SSSR count). The third-order valence-electron chi connectivity index (χ3n) is 3.58.